The summed E-state index contributed by atoms with van der Waals surface area (Å²) in [6.45, 7) is 3.01. The first-order valence-corrected chi connectivity index (χ1v) is 5.15. The smallest absolute Gasteiger partial charge is 0.372 e. The van der Waals surface area contributed by atoms with Crippen LogP contribution in [0.25, 0.3) is 0 Å². The van der Waals surface area contributed by atoms with E-state index in [2.05, 4.69) is 0 Å². The Morgan fingerprint density at radius 1 is 1.69 bits per heavy atom. The highest BCUT2D eigenvalue weighted by atomic mass is 16.4. The highest BCUT2D eigenvalue weighted by molar-refractivity contribution is 5.86. The number of nitrogens with zero attached hydrogens (tertiary/aromatic N) is 1. The van der Waals surface area contributed by atoms with Crippen molar-refractivity contribution < 1.29 is 19.1 Å². The van der Waals surface area contributed by atoms with Crippen LogP contribution >= 0.6 is 0 Å². The molecule has 2 rings (SSSR count). The van der Waals surface area contributed by atoms with Gasteiger partial charge in [0.1, 0.15) is 0 Å². The van der Waals surface area contributed by atoms with E-state index in [0.29, 0.717) is 31.0 Å². The highest BCUT2D eigenvalue weighted by Gasteiger charge is 2.28. The van der Waals surface area contributed by atoms with Crippen molar-refractivity contribution in [1.82, 2.24) is 4.90 Å². The summed E-state index contributed by atoms with van der Waals surface area (Å²) in [5.74, 6) is -0.759. The summed E-state index contributed by atoms with van der Waals surface area (Å²) in [6, 6.07) is 1.60. The SMILES string of the molecule is CC1CC(=O)N(Cc2ccoc2C(=O)O)C1. The molecular formula is C11H13NO4. The summed E-state index contributed by atoms with van der Waals surface area (Å²) in [7, 11) is 0. The number of furan rings is 1. The Morgan fingerprint density at radius 3 is 3.00 bits per heavy atom. The minimum absolute atomic E-state index is 0.0741. The molecule has 5 nitrogen and oxygen atoms in total. The van der Waals surface area contributed by atoms with Crippen LogP contribution in [0.4, 0.5) is 0 Å². The molecule has 0 aliphatic carbocycles. The summed E-state index contributed by atoms with van der Waals surface area (Å²) in [6.07, 6.45) is 1.88. The number of aromatic carboxylic acids is 1. The summed E-state index contributed by atoms with van der Waals surface area (Å²) >= 11 is 0. The van der Waals surface area contributed by atoms with E-state index in [4.69, 9.17) is 9.52 Å². The molecule has 0 saturated carbocycles. The van der Waals surface area contributed by atoms with Crippen molar-refractivity contribution in [3.05, 3.63) is 23.7 Å². The Hall–Kier alpha value is -1.78. The van der Waals surface area contributed by atoms with Gasteiger partial charge in [0.2, 0.25) is 11.7 Å². The summed E-state index contributed by atoms with van der Waals surface area (Å²) < 4.78 is 4.86. The molecule has 2 heterocycles. The molecule has 1 atom stereocenters. The Kier molecular flexibility index (Phi) is 2.68. The van der Waals surface area contributed by atoms with Crippen LogP contribution in [0.3, 0.4) is 0 Å². The molecule has 1 aromatic rings. The Labute approximate surface area is 92.7 Å². The lowest BCUT2D eigenvalue weighted by Crippen LogP contribution is -2.25. The zero-order chi connectivity index (χ0) is 11.7. The molecule has 0 radical (unpaired) electrons. The van der Waals surface area contributed by atoms with Crippen LogP contribution in [0, 0.1) is 5.92 Å². The number of carboxylic acids is 1. The third-order valence-corrected chi connectivity index (χ3v) is 2.71. The second-order valence-corrected chi connectivity index (χ2v) is 4.16. The molecule has 5 heteroatoms. The zero-order valence-corrected chi connectivity index (χ0v) is 8.97. The van der Waals surface area contributed by atoms with Gasteiger partial charge in [-0.05, 0) is 12.0 Å². The van der Waals surface area contributed by atoms with Crippen LogP contribution < -0.4 is 0 Å². The number of amides is 1. The average molecular weight is 223 g/mol. The van der Waals surface area contributed by atoms with Crippen LogP contribution in [0.15, 0.2) is 16.7 Å². The first-order valence-electron chi connectivity index (χ1n) is 5.15. The molecule has 86 valence electrons. The minimum Gasteiger partial charge on any atom is -0.475 e. The first kappa shape index (κ1) is 10.7. The molecular weight excluding hydrogens is 210 g/mol. The maximum atomic E-state index is 11.5. The molecule has 1 aromatic heterocycles. The van der Waals surface area contributed by atoms with Gasteiger partial charge in [-0.1, -0.05) is 6.92 Å². The van der Waals surface area contributed by atoms with E-state index in [-0.39, 0.29) is 11.7 Å². The van der Waals surface area contributed by atoms with Crippen molar-refractivity contribution in [2.75, 3.05) is 6.54 Å². The Balaban J connectivity index is 2.12. The molecule has 1 N–H and O–H groups in total. The van der Waals surface area contributed by atoms with Crippen molar-refractivity contribution in [3.8, 4) is 0 Å². The standard InChI is InChI=1S/C11H13NO4/c1-7-4-9(13)12(5-7)6-8-2-3-16-10(8)11(14)15/h2-3,7H,4-6H2,1H3,(H,14,15). The molecule has 1 unspecified atom stereocenters. The maximum absolute atomic E-state index is 11.5. The van der Waals surface area contributed by atoms with Crippen molar-refractivity contribution in [3.63, 3.8) is 0 Å². The number of rotatable bonds is 3. The molecule has 1 aliphatic heterocycles. The predicted molar refractivity (Wildman–Crippen MR) is 54.9 cm³/mol. The fourth-order valence-electron chi connectivity index (χ4n) is 1.98. The third kappa shape index (κ3) is 1.93. The second-order valence-electron chi connectivity index (χ2n) is 4.16. The summed E-state index contributed by atoms with van der Waals surface area (Å²) in [4.78, 5) is 24.0. The second kappa shape index (κ2) is 4.00. The van der Waals surface area contributed by atoms with Gasteiger partial charge in [-0.3, -0.25) is 4.79 Å². The molecule has 16 heavy (non-hydrogen) atoms. The Morgan fingerprint density at radius 2 is 2.44 bits per heavy atom. The van der Waals surface area contributed by atoms with Gasteiger partial charge in [-0.25, -0.2) is 4.79 Å². The molecule has 1 amide bonds. The molecule has 0 bridgehead atoms. The van der Waals surface area contributed by atoms with Crippen molar-refractivity contribution in [1.29, 1.82) is 0 Å². The lowest BCUT2D eigenvalue weighted by Gasteiger charge is -2.14. The number of carbonyl (C=O) groups excluding carboxylic acids is 1. The quantitative estimate of drug-likeness (QED) is 0.839. The van der Waals surface area contributed by atoms with Gasteiger partial charge in [-0.2, -0.15) is 0 Å². The van der Waals surface area contributed by atoms with Gasteiger partial charge in [0, 0.05) is 25.1 Å². The zero-order valence-electron chi connectivity index (χ0n) is 8.97. The molecule has 0 spiro atoms. The number of hydrogen-bond acceptors (Lipinski definition) is 3. The normalized spacial score (nSPS) is 20.4. The van der Waals surface area contributed by atoms with Crippen LogP contribution in [-0.2, 0) is 11.3 Å². The van der Waals surface area contributed by atoms with E-state index >= 15 is 0 Å². The number of carboxylic acid groups (broad SMARTS) is 1. The summed E-state index contributed by atoms with van der Waals surface area (Å²) in [5.41, 5.74) is 0.551. The third-order valence-electron chi connectivity index (χ3n) is 2.71. The molecule has 1 fully saturated rings. The van der Waals surface area contributed by atoms with Crippen LogP contribution in [0.2, 0.25) is 0 Å². The van der Waals surface area contributed by atoms with E-state index in [1.165, 1.54) is 6.26 Å². The monoisotopic (exact) mass is 223 g/mol. The Bertz CT molecular complexity index is 423. The highest BCUT2D eigenvalue weighted by Crippen LogP contribution is 2.21. The van der Waals surface area contributed by atoms with E-state index in [9.17, 15) is 9.59 Å². The van der Waals surface area contributed by atoms with E-state index in [1.54, 1.807) is 11.0 Å². The van der Waals surface area contributed by atoms with Gasteiger partial charge in [0.25, 0.3) is 0 Å². The molecule has 1 saturated heterocycles. The number of carbonyl (C=O) groups is 2. The first-order chi connectivity index (χ1) is 7.58. The van der Waals surface area contributed by atoms with Gasteiger partial charge < -0.3 is 14.4 Å². The molecule has 0 aromatic carbocycles. The van der Waals surface area contributed by atoms with Crippen molar-refractivity contribution in [2.45, 2.75) is 19.9 Å². The number of likely N-dealkylation sites (tertiary alicyclic amines) is 1. The van der Waals surface area contributed by atoms with Gasteiger partial charge in [-0.15, -0.1) is 0 Å². The van der Waals surface area contributed by atoms with E-state index in [0.717, 1.165) is 0 Å². The average Bonchev–Trinajstić information content (AvgIpc) is 2.75. The lowest BCUT2D eigenvalue weighted by molar-refractivity contribution is -0.128. The van der Waals surface area contributed by atoms with Gasteiger partial charge in [0.15, 0.2) is 0 Å². The van der Waals surface area contributed by atoms with E-state index < -0.39 is 5.97 Å². The van der Waals surface area contributed by atoms with Crippen LogP contribution in [0.1, 0.15) is 29.5 Å². The van der Waals surface area contributed by atoms with Crippen molar-refractivity contribution in [2.24, 2.45) is 5.92 Å². The maximum Gasteiger partial charge on any atom is 0.372 e. The summed E-state index contributed by atoms with van der Waals surface area (Å²) in [5, 5.41) is 8.85. The number of hydrogen-bond donors (Lipinski definition) is 1. The van der Waals surface area contributed by atoms with Crippen molar-refractivity contribution >= 4 is 11.9 Å². The van der Waals surface area contributed by atoms with Gasteiger partial charge in [0.05, 0.1) is 6.26 Å². The minimum atomic E-state index is -1.10. The van der Waals surface area contributed by atoms with E-state index in [1.807, 2.05) is 6.92 Å². The lowest BCUT2D eigenvalue weighted by atomic mass is 10.2. The fraction of sp³-hybridized carbons (Fsp3) is 0.455. The largest absolute Gasteiger partial charge is 0.475 e. The van der Waals surface area contributed by atoms with Crippen LogP contribution in [0.5, 0.6) is 0 Å². The fourth-order valence-corrected chi connectivity index (χ4v) is 1.98. The van der Waals surface area contributed by atoms with Crippen LogP contribution in [-0.4, -0.2) is 28.4 Å². The topological polar surface area (TPSA) is 70.8 Å². The molecule has 1 aliphatic rings. The van der Waals surface area contributed by atoms with Gasteiger partial charge >= 0.3 is 5.97 Å². The predicted octanol–water partition coefficient (Wildman–Crippen LogP) is 1.35.